The van der Waals surface area contributed by atoms with Gasteiger partial charge in [-0.05, 0) is 18.2 Å². The van der Waals surface area contributed by atoms with Gasteiger partial charge in [0.25, 0.3) is 0 Å². The summed E-state index contributed by atoms with van der Waals surface area (Å²) in [4.78, 5) is 20.5. The van der Waals surface area contributed by atoms with E-state index >= 15 is 0 Å². The fourth-order valence-electron chi connectivity index (χ4n) is 4.13. The highest BCUT2D eigenvalue weighted by Crippen LogP contribution is 2.41. The smallest absolute Gasteiger partial charge is 0.165 e. The van der Waals surface area contributed by atoms with Crippen LogP contribution in [0.15, 0.2) is 120 Å². The van der Waals surface area contributed by atoms with E-state index in [1.165, 1.54) is 0 Å². The Morgan fingerprint density at radius 3 is 2.00 bits per heavy atom. The van der Waals surface area contributed by atoms with Gasteiger partial charge in [-0.3, -0.25) is 4.79 Å². The Kier molecular flexibility index (Phi) is 5.16. The molecule has 4 aromatic rings. The largest absolute Gasteiger partial charge is 0.318 e. The van der Waals surface area contributed by atoms with E-state index in [-0.39, 0.29) is 11.8 Å². The van der Waals surface area contributed by atoms with E-state index in [1.807, 2.05) is 84.9 Å². The van der Waals surface area contributed by atoms with Gasteiger partial charge in [-0.25, -0.2) is 4.99 Å². The van der Waals surface area contributed by atoms with Crippen molar-refractivity contribution >= 4 is 23.0 Å². The minimum atomic E-state index is -0.154. The van der Waals surface area contributed by atoms with Crippen LogP contribution in [0.1, 0.15) is 33.9 Å². The van der Waals surface area contributed by atoms with E-state index in [0.717, 1.165) is 33.9 Å². The van der Waals surface area contributed by atoms with Gasteiger partial charge in [0.05, 0.1) is 11.7 Å². The first-order valence-electron chi connectivity index (χ1n) is 10.5. The number of carbonyl (C=O) groups is 1. The monoisotopic (exact) mass is 402 g/mol. The van der Waals surface area contributed by atoms with Crippen molar-refractivity contribution in [1.82, 2.24) is 0 Å². The molecule has 0 aliphatic carbocycles. The second kappa shape index (κ2) is 8.41. The molecule has 3 nitrogen and oxygen atoms in total. The van der Waals surface area contributed by atoms with Gasteiger partial charge in [0.1, 0.15) is 5.84 Å². The maximum atomic E-state index is 13.3. The van der Waals surface area contributed by atoms with Crippen LogP contribution >= 0.6 is 0 Å². The Labute approximate surface area is 182 Å². The van der Waals surface area contributed by atoms with E-state index in [0.29, 0.717) is 6.42 Å². The van der Waals surface area contributed by atoms with Crippen LogP contribution in [0, 0.1) is 0 Å². The summed E-state index contributed by atoms with van der Waals surface area (Å²) < 4.78 is 0. The van der Waals surface area contributed by atoms with E-state index in [9.17, 15) is 4.79 Å². The zero-order valence-corrected chi connectivity index (χ0v) is 17.1. The number of nitrogens with zero attached hydrogens (tertiary/aromatic N) is 2. The molecule has 3 heteroatoms. The van der Waals surface area contributed by atoms with Crippen molar-refractivity contribution in [3.05, 3.63) is 132 Å². The van der Waals surface area contributed by atoms with Crippen molar-refractivity contribution in [1.29, 1.82) is 0 Å². The van der Waals surface area contributed by atoms with Crippen LogP contribution in [0.5, 0.6) is 0 Å². The van der Waals surface area contributed by atoms with Gasteiger partial charge in [0.15, 0.2) is 5.78 Å². The van der Waals surface area contributed by atoms with Crippen LogP contribution in [0.4, 0.5) is 11.4 Å². The molecule has 0 amide bonds. The summed E-state index contributed by atoms with van der Waals surface area (Å²) in [6, 6.07) is 37.9. The molecule has 31 heavy (non-hydrogen) atoms. The number of benzene rings is 4. The van der Waals surface area contributed by atoms with Crippen LogP contribution in [-0.2, 0) is 0 Å². The van der Waals surface area contributed by atoms with Gasteiger partial charge >= 0.3 is 0 Å². The second-order valence-electron chi connectivity index (χ2n) is 7.57. The number of hydrogen-bond donors (Lipinski definition) is 0. The molecule has 1 aliphatic heterocycles. The Balaban J connectivity index is 1.66. The molecule has 1 aliphatic rings. The Morgan fingerprint density at radius 1 is 0.710 bits per heavy atom. The predicted octanol–water partition coefficient (Wildman–Crippen LogP) is 6.60. The van der Waals surface area contributed by atoms with Crippen molar-refractivity contribution in [2.75, 3.05) is 4.90 Å². The lowest BCUT2D eigenvalue weighted by Crippen LogP contribution is -2.39. The van der Waals surface area contributed by atoms with Crippen LogP contribution in [-0.4, -0.2) is 11.6 Å². The molecule has 150 valence electrons. The molecule has 0 saturated heterocycles. The summed E-state index contributed by atoms with van der Waals surface area (Å²) in [5.74, 6) is 0.979. The van der Waals surface area contributed by atoms with E-state index in [1.54, 1.807) is 0 Å². The summed E-state index contributed by atoms with van der Waals surface area (Å²) in [7, 11) is 0. The quantitative estimate of drug-likeness (QED) is 0.352. The van der Waals surface area contributed by atoms with Crippen molar-refractivity contribution < 1.29 is 4.79 Å². The Morgan fingerprint density at radius 2 is 1.29 bits per heavy atom. The van der Waals surface area contributed by atoms with Crippen molar-refractivity contribution in [3.63, 3.8) is 0 Å². The number of anilines is 1. The molecule has 1 heterocycles. The summed E-state index contributed by atoms with van der Waals surface area (Å²) in [5, 5.41) is 0. The first kappa shape index (κ1) is 19.0. The van der Waals surface area contributed by atoms with Crippen LogP contribution in [0.2, 0.25) is 0 Å². The highest BCUT2D eigenvalue weighted by molar-refractivity contribution is 6.13. The highest BCUT2D eigenvalue weighted by Gasteiger charge is 2.33. The second-order valence-corrected chi connectivity index (χ2v) is 7.57. The lowest BCUT2D eigenvalue weighted by Gasteiger charge is -2.38. The number of Topliss-reactive ketones (excluding diaryl/α,β-unsaturated/α-hetero) is 1. The first-order valence-corrected chi connectivity index (χ1v) is 10.5. The summed E-state index contributed by atoms with van der Waals surface area (Å²) in [6.45, 7) is 0. The third-order valence-electron chi connectivity index (χ3n) is 5.60. The van der Waals surface area contributed by atoms with Gasteiger partial charge < -0.3 is 4.90 Å². The van der Waals surface area contributed by atoms with E-state index in [2.05, 4.69) is 35.2 Å². The number of amidine groups is 1. The number of aliphatic imine (C=N–C) groups is 1. The molecule has 4 aromatic carbocycles. The maximum Gasteiger partial charge on any atom is 0.165 e. The zero-order valence-electron chi connectivity index (χ0n) is 17.1. The number of para-hydroxylation sites is 2. The predicted molar refractivity (Wildman–Crippen MR) is 126 cm³/mol. The summed E-state index contributed by atoms with van der Waals surface area (Å²) >= 11 is 0. The molecule has 5 rings (SSSR count). The zero-order chi connectivity index (χ0) is 21.0. The lowest BCUT2D eigenvalue weighted by molar-refractivity contribution is 0.0974. The third kappa shape index (κ3) is 3.78. The van der Waals surface area contributed by atoms with Crippen LogP contribution in [0.25, 0.3) is 0 Å². The standard InChI is InChI=1S/C28H22N2O/c31-27(21-12-4-1-5-13-21)20-26-24-18-10-11-19-25(24)29-28(22-14-6-2-7-15-22)30(26)23-16-8-3-9-17-23/h1-19,26H,20H2. The van der Waals surface area contributed by atoms with E-state index < -0.39 is 0 Å². The summed E-state index contributed by atoms with van der Waals surface area (Å²) in [5.41, 5.74) is 4.76. The topological polar surface area (TPSA) is 32.7 Å². The summed E-state index contributed by atoms with van der Waals surface area (Å²) in [6.07, 6.45) is 0.363. The molecule has 0 radical (unpaired) electrons. The molecular formula is C28H22N2O. The van der Waals surface area contributed by atoms with Gasteiger partial charge in [0, 0.05) is 28.8 Å². The number of hydrogen-bond acceptors (Lipinski definition) is 3. The first-order chi connectivity index (χ1) is 15.3. The van der Waals surface area contributed by atoms with Crippen LogP contribution in [0.3, 0.4) is 0 Å². The number of ketones is 1. The average Bonchev–Trinajstić information content (AvgIpc) is 2.85. The van der Waals surface area contributed by atoms with Gasteiger partial charge in [-0.2, -0.15) is 0 Å². The van der Waals surface area contributed by atoms with Gasteiger partial charge in [-0.15, -0.1) is 0 Å². The van der Waals surface area contributed by atoms with Gasteiger partial charge in [0.2, 0.25) is 0 Å². The number of rotatable bonds is 5. The normalized spacial score (nSPS) is 15.2. The Hall–Kier alpha value is -3.98. The molecule has 0 aromatic heterocycles. The molecule has 0 fully saturated rings. The molecule has 0 saturated carbocycles. The maximum absolute atomic E-state index is 13.3. The van der Waals surface area contributed by atoms with Crippen molar-refractivity contribution in [2.24, 2.45) is 4.99 Å². The fourth-order valence-corrected chi connectivity index (χ4v) is 4.13. The molecule has 0 spiro atoms. The molecule has 1 atom stereocenters. The molecular weight excluding hydrogens is 380 g/mol. The van der Waals surface area contributed by atoms with E-state index in [4.69, 9.17) is 4.99 Å². The van der Waals surface area contributed by atoms with Crippen molar-refractivity contribution in [3.8, 4) is 0 Å². The molecule has 0 N–H and O–H groups in total. The molecule has 0 bridgehead atoms. The minimum absolute atomic E-state index is 0.121. The average molecular weight is 402 g/mol. The van der Waals surface area contributed by atoms with Crippen molar-refractivity contribution in [2.45, 2.75) is 12.5 Å². The molecule has 1 unspecified atom stereocenters. The third-order valence-corrected chi connectivity index (χ3v) is 5.60. The number of carbonyl (C=O) groups excluding carboxylic acids is 1. The number of fused-ring (bicyclic) bond motifs is 1. The SMILES string of the molecule is O=C(CC1c2ccccc2N=C(c2ccccc2)N1c1ccccc1)c1ccccc1. The lowest BCUT2D eigenvalue weighted by atomic mass is 9.92. The highest BCUT2D eigenvalue weighted by atomic mass is 16.1. The van der Waals surface area contributed by atoms with Crippen LogP contribution < -0.4 is 4.90 Å². The fraction of sp³-hybridized carbons (Fsp3) is 0.0714. The Bertz CT molecular complexity index is 1220. The van der Waals surface area contributed by atoms with Gasteiger partial charge in [-0.1, -0.05) is 97.1 Å². The minimum Gasteiger partial charge on any atom is -0.318 e.